The highest BCUT2D eigenvalue weighted by atomic mass is 16.5. The number of hydrogen-bond donors (Lipinski definition) is 1. The third kappa shape index (κ3) is 5.33. The molecule has 1 saturated carbocycles. The zero-order chi connectivity index (χ0) is 13.5. The molecule has 0 radical (unpaired) electrons. The number of benzene rings is 1. The fourth-order valence-electron chi connectivity index (χ4n) is 2.19. The molecule has 0 aromatic heterocycles. The van der Waals surface area contributed by atoms with Gasteiger partial charge in [0.05, 0.1) is 6.10 Å². The summed E-state index contributed by atoms with van der Waals surface area (Å²) in [5, 5.41) is 3.59. The van der Waals surface area contributed by atoms with Crippen LogP contribution in [-0.2, 0) is 4.74 Å². The Hall–Kier alpha value is -0.860. The van der Waals surface area contributed by atoms with Gasteiger partial charge in [0, 0.05) is 19.2 Å². The van der Waals surface area contributed by atoms with E-state index in [1.165, 1.54) is 43.2 Å². The van der Waals surface area contributed by atoms with Gasteiger partial charge in [-0.3, -0.25) is 0 Å². The molecule has 106 valence electrons. The SMILES string of the molecule is CCCCCOC(CNC1CC1)c1ccc(C)cc1. The van der Waals surface area contributed by atoms with Gasteiger partial charge >= 0.3 is 0 Å². The molecule has 1 fully saturated rings. The van der Waals surface area contributed by atoms with Crippen LogP contribution in [0.3, 0.4) is 0 Å². The van der Waals surface area contributed by atoms with Crippen molar-refractivity contribution >= 4 is 0 Å². The van der Waals surface area contributed by atoms with Crippen LogP contribution in [0.25, 0.3) is 0 Å². The number of ether oxygens (including phenoxy) is 1. The molecule has 1 aromatic rings. The predicted octanol–water partition coefficient (Wildman–Crippen LogP) is 3.99. The van der Waals surface area contributed by atoms with E-state index in [1.807, 2.05) is 0 Å². The molecule has 19 heavy (non-hydrogen) atoms. The van der Waals surface area contributed by atoms with Crippen LogP contribution < -0.4 is 5.32 Å². The van der Waals surface area contributed by atoms with Crippen molar-refractivity contribution in [1.29, 1.82) is 0 Å². The van der Waals surface area contributed by atoms with E-state index in [2.05, 4.69) is 43.4 Å². The Balaban J connectivity index is 1.85. The first-order valence-electron chi connectivity index (χ1n) is 7.71. The molecular weight excluding hydrogens is 234 g/mol. The lowest BCUT2D eigenvalue weighted by Gasteiger charge is -2.19. The molecule has 2 heteroatoms. The molecule has 1 unspecified atom stereocenters. The summed E-state index contributed by atoms with van der Waals surface area (Å²) in [6, 6.07) is 9.50. The van der Waals surface area contributed by atoms with Crippen molar-refractivity contribution in [1.82, 2.24) is 5.32 Å². The number of rotatable bonds is 9. The first kappa shape index (κ1) is 14.5. The second-order valence-electron chi connectivity index (χ2n) is 5.66. The molecule has 1 aliphatic rings. The minimum absolute atomic E-state index is 0.207. The van der Waals surface area contributed by atoms with Crippen LogP contribution in [0.4, 0.5) is 0 Å². The molecule has 0 bridgehead atoms. The van der Waals surface area contributed by atoms with Gasteiger partial charge in [-0.15, -0.1) is 0 Å². The first-order chi connectivity index (χ1) is 9.29. The van der Waals surface area contributed by atoms with Gasteiger partial charge in [0.25, 0.3) is 0 Å². The lowest BCUT2D eigenvalue weighted by molar-refractivity contribution is 0.0497. The molecule has 1 atom stereocenters. The van der Waals surface area contributed by atoms with Crippen molar-refractivity contribution in [2.24, 2.45) is 0 Å². The molecule has 0 saturated heterocycles. The van der Waals surface area contributed by atoms with E-state index < -0.39 is 0 Å². The Morgan fingerprint density at radius 1 is 1.21 bits per heavy atom. The summed E-state index contributed by atoms with van der Waals surface area (Å²) in [5.74, 6) is 0. The maximum atomic E-state index is 6.09. The van der Waals surface area contributed by atoms with Crippen molar-refractivity contribution in [2.75, 3.05) is 13.2 Å². The second kappa shape index (κ2) is 7.66. The van der Waals surface area contributed by atoms with Gasteiger partial charge in [-0.25, -0.2) is 0 Å². The first-order valence-corrected chi connectivity index (χ1v) is 7.71. The van der Waals surface area contributed by atoms with E-state index in [4.69, 9.17) is 4.74 Å². The molecule has 0 aliphatic heterocycles. The average Bonchev–Trinajstić information content (AvgIpc) is 3.23. The summed E-state index contributed by atoms with van der Waals surface area (Å²) in [6.07, 6.45) is 6.54. The van der Waals surface area contributed by atoms with Gasteiger partial charge in [0.1, 0.15) is 0 Å². The van der Waals surface area contributed by atoms with E-state index in [0.29, 0.717) is 0 Å². The van der Waals surface area contributed by atoms with E-state index in [9.17, 15) is 0 Å². The van der Waals surface area contributed by atoms with Crippen LogP contribution in [0.15, 0.2) is 24.3 Å². The Morgan fingerprint density at radius 3 is 2.58 bits per heavy atom. The van der Waals surface area contributed by atoms with Gasteiger partial charge in [-0.2, -0.15) is 0 Å². The van der Waals surface area contributed by atoms with Crippen molar-refractivity contribution in [2.45, 2.75) is 58.1 Å². The number of aryl methyl sites for hydroxylation is 1. The summed E-state index contributed by atoms with van der Waals surface area (Å²) in [6.45, 7) is 6.17. The second-order valence-corrected chi connectivity index (χ2v) is 5.66. The van der Waals surface area contributed by atoms with Crippen LogP contribution in [0, 0.1) is 6.92 Å². The summed E-state index contributed by atoms with van der Waals surface area (Å²) >= 11 is 0. The monoisotopic (exact) mass is 261 g/mol. The third-order valence-corrected chi connectivity index (χ3v) is 3.69. The van der Waals surface area contributed by atoms with Crippen molar-refractivity contribution in [3.05, 3.63) is 35.4 Å². The Morgan fingerprint density at radius 2 is 1.95 bits per heavy atom. The number of hydrogen-bond acceptors (Lipinski definition) is 2. The van der Waals surface area contributed by atoms with Crippen molar-refractivity contribution < 1.29 is 4.74 Å². The Bertz CT molecular complexity index is 356. The van der Waals surface area contributed by atoms with Gasteiger partial charge in [-0.1, -0.05) is 49.6 Å². The maximum absolute atomic E-state index is 6.09. The quantitative estimate of drug-likeness (QED) is 0.679. The lowest BCUT2D eigenvalue weighted by Crippen LogP contribution is -2.25. The highest BCUT2D eigenvalue weighted by Gasteiger charge is 2.22. The molecule has 1 N–H and O–H groups in total. The smallest absolute Gasteiger partial charge is 0.0949 e. The highest BCUT2D eigenvalue weighted by Crippen LogP contribution is 2.22. The van der Waals surface area contributed by atoms with Crippen LogP contribution >= 0.6 is 0 Å². The van der Waals surface area contributed by atoms with Gasteiger partial charge < -0.3 is 10.1 Å². The molecule has 1 aliphatic carbocycles. The maximum Gasteiger partial charge on any atom is 0.0949 e. The minimum Gasteiger partial charge on any atom is -0.372 e. The Kier molecular flexibility index (Phi) is 5.87. The molecule has 0 spiro atoms. The van der Waals surface area contributed by atoms with Gasteiger partial charge in [0.2, 0.25) is 0 Å². The lowest BCUT2D eigenvalue weighted by atomic mass is 10.1. The molecular formula is C17H27NO. The average molecular weight is 261 g/mol. The van der Waals surface area contributed by atoms with Gasteiger partial charge in [-0.05, 0) is 31.7 Å². The summed E-state index contributed by atoms with van der Waals surface area (Å²) in [7, 11) is 0. The molecule has 2 nitrogen and oxygen atoms in total. The van der Waals surface area contributed by atoms with Crippen molar-refractivity contribution in [3.63, 3.8) is 0 Å². The summed E-state index contributed by atoms with van der Waals surface area (Å²) < 4.78 is 6.09. The van der Waals surface area contributed by atoms with E-state index in [0.717, 1.165) is 19.2 Å². The van der Waals surface area contributed by atoms with Crippen LogP contribution in [0.2, 0.25) is 0 Å². The third-order valence-electron chi connectivity index (χ3n) is 3.69. The highest BCUT2D eigenvalue weighted by molar-refractivity contribution is 5.23. The Labute approximate surface area is 117 Å². The fourth-order valence-corrected chi connectivity index (χ4v) is 2.19. The fraction of sp³-hybridized carbons (Fsp3) is 0.647. The van der Waals surface area contributed by atoms with Crippen LogP contribution in [0.1, 0.15) is 56.3 Å². The van der Waals surface area contributed by atoms with Crippen molar-refractivity contribution in [3.8, 4) is 0 Å². The summed E-state index contributed by atoms with van der Waals surface area (Å²) in [4.78, 5) is 0. The summed E-state index contributed by atoms with van der Waals surface area (Å²) in [5.41, 5.74) is 2.61. The number of nitrogens with one attached hydrogen (secondary N) is 1. The standard InChI is InChI=1S/C17H27NO/c1-3-4-5-12-19-17(13-18-16-10-11-16)15-8-6-14(2)7-9-15/h6-9,16-18H,3-5,10-13H2,1-2H3. The van der Waals surface area contributed by atoms with E-state index in [1.54, 1.807) is 0 Å². The molecule has 0 amide bonds. The zero-order valence-corrected chi connectivity index (χ0v) is 12.3. The van der Waals surface area contributed by atoms with E-state index >= 15 is 0 Å². The minimum atomic E-state index is 0.207. The normalized spacial score (nSPS) is 16.5. The molecule has 2 rings (SSSR count). The zero-order valence-electron chi connectivity index (χ0n) is 12.3. The molecule has 1 aromatic carbocycles. The topological polar surface area (TPSA) is 21.3 Å². The number of unbranched alkanes of at least 4 members (excludes halogenated alkanes) is 2. The predicted molar refractivity (Wildman–Crippen MR) is 80.4 cm³/mol. The largest absolute Gasteiger partial charge is 0.372 e. The van der Waals surface area contributed by atoms with E-state index in [-0.39, 0.29) is 6.10 Å². The van der Waals surface area contributed by atoms with Crippen LogP contribution in [-0.4, -0.2) is 19.2 Å². The van der Waals surface area contributed by atoms with Crippen LogP contribution in [0.5, 0.6) is 0 Å². The molecule has 0 heterocycles. The van der Waals surface area contributed by atoms with Gasteiger partial charge in [0.15, 0.2) is 0 Å².